The number of amides is 1. The van der Waals surface area contributed by atoms with Crippen LogP contribution in [0.3, 0.4) is 0 Å². The van der Waals surface area contributed by atoms with Gasteiger partial charge in [-0.25, -0.2) is 4.79 Å². The van der Waals surface area contributed by atoms with Gasteiger partial charge in [0.15, 0.2) is 0 Å². The fourth-order valence-electron chi connectivity index (χ4n) is 1.34. The van der Waals surface area contributed by atoms with Crippen molar-refractivity contribution in [3.8, 4) is 0 Å². The highest BCUT2D eigenvalue weighted by atomic mass is 16.4. The molecule has 0 aromatic heterocycles. The molecule has 0 unspecified atom stereocenters. The molecule has 1 rings (SSSR count). The fourth-order valence-corrected chi connectivity index (χ4v) is 1.34. The average Bonchev–Trinajstić information content (AvgIpc) is 2.25. The normalized spacial score (nSPS) is 11.1. The Labute approximate surface area is 100.0 Å². The van der Waals surface area contributed by atoms with Crippen molar-refractivity contribution in [2.45, 2.75) is 13.8 Å². The molecule has 0 aliphatic heterocycles. The van der Waals surface area contributed by atoms with E-state index in [0.29, 0.717) is 0 Å². The maximum absolute atomic E-state index is 11.0. The molecule has 17 heavy (non-hydrogen) atoms. The Hall–Kier alpha value is -2.10. The first-order chi connectivity index (χ1) is 8.00. The van der Waals surface area contributed by atoms with Crippen LogP contribution in [0.1, 0.15) is 18.1 Å². The SMILES string of the molecule is CC(=O)NC/C(=C\c1ccccc1C)C(=O)O. The molecule has 0 bridgehead atoms. The van der Waals surface area contributed by atoms with E-state index in [0.717, 1.165) is 11.1 Å². The predicted octanol–water partition coefficient (Wildman–Crippen LogP) is 1.60. The molecular weight excluding hydrogens is 218 g/mol. The van der Waals surface area contributed by atoms with E-state index in [1.165, 1.54) is 6.92 Å². The van der Waals surface area contributed by atoms with Crippen molar-refractivity contribution in [3.05, 3.63) is 41.0 Å². The molecule has 0 radical (unpaired) electrons. The van der Waals surface area contributed by atoms with Crippen molar-refractivity contribution >= 4 is 18.0 Å². The summed E-state index contributed by atoms with van der Waals surface area (Å²) in [7, 11) is 0. The van der Waals surface area contributed by atoms with Gasteiger partial charge in [-0.2, -0.15) is 0 Å². The molecule has 1 amide bonds. The second-order valence-electron chi connectivity index (χ2n) is 3.74. The average molecular weight is 233 g/mol. The number of benzene rings is 1. The number of aliphatic carboxylic acids is 1. The van der Waals surface area contributed by atoms with Gasteiger partial charge in [0.2, 0.25) is 5.91 Å². The van der Waals surface area contributed by atoms with Gasteiger partial charge in [-0.3, -0.25) is 4.79 Å². The third kappa shape index (κ3) is 4.10. The van der Waals surface area contributed by atoms with E-state index >= 15 is 0 Å². The van der Waals surface area contributed by atoms with Crippen LogP contribution in [-0.2, 0) is 9.59 Å². The molecule has 90 valence electrons. The van der Waals surface area contributed by atoms with Crippen LogP contribution in [0.25, 0.3) is 6.08 Å². The standard InChI is InChI=1S/C13H15NO3/c1-9-5-3-4-6-11(9)7-12(13(16)17)8-14-10(2)15/h3-7H,8H2,1-2H3,(H,14,15)(H,16,17)/b12-7+. The Bertz CT molecular complexity index is 463. The quantitative estimate of drug-likeness (QED) is 0.776. The van der Waals surface area contributed by atoms with Crippen molar-refractivity contribution in [3.63, 3.8) is 0 Å². The van der Waals surface area contributed by atoms with Gasteiger partial charge in [0, 0.05) is 13.5 Å². The topological polar surface area (TPSA) is 66.4 Å². The van der Waals surface area contributed by atoms with Crippen molar-refractivity contribution in [1.29, 1.82) is 0 Å². The predicted molar refractivity (Wildman–Crippen MR) is 65.5 cm³/mol. The van der Waals surface area contributed by atoms with Crippen molar-refractivity contribution in [2.75, 3.05) is 6.54 Å². The molecule has 1 aromatic carbocycles. The number of carbonyl (C=O) groups is 2. The lowest BCUT2D eigenvalue weighted by Crippen LogP contribution is -2.25. The second kappa shape index (κ2) is 5.84. The highest BCUT2D eigenvalue weighted by Gasteiger charge is 2.08. The van der Waals surface area contributed by atoms with E-state index in [-0.39, 0.29) is 18.0 Å². The molecule has 0 saturated carbocycles. The number of nitrogens with one attached hydrogen (secondary N) is 1. The lowest BCUT2D eigenvalue weighted by molar-refractivity contribution is -0.132. The molecule has 0 atom stereocenters. The second-order valence-corrected chi connectivity index (χ2v) is 3.74. The number of carboxylic acid groups (broad SMARTS) is 1. The van der Waals surface area contributed by atoms with Gasteiger partial charge in [0.1, 0.15) is 0 Å². The molecule has 4 heteroatoms. The van der Waals surface area contributed by atoms with Crippen molar-refractivity contribution < 1.29 is 14.7 Å². The number of carbonyl (C=O) groups excluding carboxylic acids is 1. The van der Waals surface area contributed by atoms with Crippen molar-refractivity contribution in [1.82, 2.24) is 5.32 Å². The van der Waals surface area contributed by atoms with Crippen molar-refractivity contribution in [2.24, 2.45) is 0 Å². The number of hydrogen-bond donors (Lipinski definition) is 2. The summed E-state index contributed by atoms with van der Waals surface area (Å²) in [6.45, 7) is 3.29. The Morgan fingerprint density at radius 2 is 2.00 bits per heavy atom. The van der Waals surface area contributed by atoms with Crippen LogP contribution in [-0.4, -0.2) is 23.5 Å². The van der Waals surface area contributed by atoms with Gasteiger partial charge in [-0.15, -0.1) is 0 Å². The van der Waals surface area contributed by atoms with Gasteiger partial charge in [-0.1, -0.05) is 24.3 Å². The van der Waals surface area contributed by atoms with Crippen LogP contribution in [0.4, 0.5) is 0 Å². The molecule has 0 spiro atoms. The van der Waals surface area contributed by atoms with E-state index < -0.39 is 5.97 Å². The number of aryl methyl sites for hydroxylation is 1. The Kier molecular flexibility index (Phi) is 4.46. The first kappa shape index (κ1) is 13.0. The minimum Gasteiger partial charge on any atom is -0.478 e. The molecule has 0 aliphatic rings. The van der Waals surface area contributed by atoms with Gasteiger partial charge < -0.3 is 10.4 Å². The monoisotopic (exact) mass is 233 g/mol. The smallest absolute Gasteiger partial charge is 0.333 e. The fraction of sp³-hybridized carbons (Fsp3) is 0.231. The summed E-state index contributed by atoms with van der Waals surface area (Å²) in [4.78, 5) is 21.8. The Morgan fingerprint density at radius 1 is 1.35 bits per heavy atom. The van der Waals surface area contributed by atoms with Gasteiger partial charge >= 0.3 is 5.97 Å². The third-order valence-corrected chi connectivity index (χ3v) is 2.32. The van der Waals surface area contributed by atoms with E-state index in [4.69, 9.17) is 5.11 Å². The number of rotatable bonds is 4. The summed E-state index contributed by atoms with van der Waals surface area (Å²) < 4.78 is 0. The minimum absolute atomic E-state index is 0.0268. The number of carboxylic acids is 1. The van der Waals surface area contributed by atoms with E-state index in [9.17, 15) is 9.59 Å². The zero-order valence-electron chi connectivity index (χ0n) is 9.86. The van der Waals surface area contributed by atoms with Crippen LogP contribution >= 0.6 is 0 Å². The molecule has 0 saturated heterocycles. The van der Waals surface area contributed by atoms with Crippen LogP contribution < -0.4 is 5.32 Å². The van der Waals surface area contributed by atoms with E-state index in [2.05, 4.69) is 5.32 Å². The minimum atomic E-state index is -1.03. The molecule has 0 heterocycles. The van der Waals surface area contributed by atoms with Gasteiger partial charge in [0.25, 0.3) is 0 Å². The highest BCUT2D eigenvalue weighted by molar-refractivity contribution is 5.93. The lowest BCUT2D eigenvalue weighted by atomic mass is 10.1. The van der Waals surface area contributed by atoms with E-state index in [1.807, 2.05) is 31.2 Å². The zero-order chi connectivity index (χ0) is 12.8. The van der Waals surface area contributed by atoms with Gasteiger partial charge in [0.05, 0.1) is 5.57 Å². The number of hydrogen-bond acceptors (Lipinski definition) is 2. The summed E-state index contributed by atoms with van der Waals surface area (Å²) in [6.07, 6.45) is 1.58. The van der Waals surface area contributed by atoms with Crippen LogP contribution in [0.2, 0.25) is 0 Å². The van der Waals surface area contributed by atoms with Crippen LogP contribution in [0.15, 0.2) is 29.8 Å². The zero-order valence-corrected chi connectivity index (χ0v) is 9.86. The maximum atomic E-state index is 11.0. The molecule has 1 aromatic rings. The first-order valence-electron chi connectivity index (χ1n) is 5.24. The highest BCUT2D eigenvalue weighted by Crippen LogP contribution is 2.11. The summed E-state index contributed by atoms with van der Waals surface area (Å²) in [5, 5.41) is 11.5. The largest absolute Gasteiger partial charge is 0.478 e. The maximum Gasteiger partial charge on any atom is 0.333 e. The van der Waals surface area contributed by atoms with E-state index in [1.54, 1.807) is 6.08 Å². The third-order valence-electron chi connectivity index (χ3n) is 2.32. The Morgan fingerprint density at radius 3 is 2.53 bits per heavy atom. The summed E-state index contributed by atoms with van der Waals surface area (Å²) in [6, 6.07) is 7.48. The summed E-state index contributed by atoms with van der Waals surface area (Å²) >= 11 is 0. The Balaban J connectivity index is 2.94. The van der Waals surface area contributed by atoms with Crippen LogP contribution in [0.5, 0.6) is 0 Å². The lowest BCUT2D eigenvalue weighted by Gasteiger charge is -2.05. The van der Waals surface area contributed by atoms with Crippen LogP contribution in [0, 0.1) is 6.92 Å². The molecular formula is C13H15NO3. The molecule has 2 N–H and O–H groups in total. The first-order valence-corrected chi connectivity index (χ1v) is 5.24. The molecule has 4 nitrogen and oxygen atoms in total. The molecule has 0 fully saturated rings. The molecule has 0 aliphatic carbocycles. The summed E-state index contributed by atoms with van der Waals surface area (Å²) in [5.74, 6) is -1.27. The summed E-state index contributed by atoms with van der Waals surface area (Å²) in [5.41, 5.74) is 2.00. The van der Waals surface area contributed by atoms with Gasteiger partial charge in [-0.05, 0) is 24.1 Å².